The van der Waals surface area contributed by atoms with Crippen LogP contribution < -0.4 is 5.32 Å². The van der Waals surface area contributed by atoms with Crippen molar-refractivity contribution in [3.63, 3.8) is 0 Å². The average molecular weight is 477 g/mol. The van der Waals surface area contributed by atoms with E-state index in [1.165, 1.54) is 0 Å². The summed E-state index contributed by atoms with van der Waals surface area (Å²) in [4.78, 5) is 21.1. The molecule has 0 heterocycles. The van der Waals surface area contributed by atoms with Gasteiger partial charge in [0.1, 0.15) is 0 Å². The molecule has 188 valence electrons. The molecular weight excluding hydrogens is 436 g/mol. The largest absolute Gasteiger partial charge is 0.387 e. The minimum atomic E-state index is -0.515. The van der Waals surface area contributed by atoms with E-state index in [9.17, 15) is 9.90 Å². The van der Waals surface area contributed by atoms with E-state index in [0.717, 1.165) is 36.3 Å². The molecule has 1 amide bonds. The lowest BCUT2D eigenvalue weighted by Crippen LogP contribution is -2.37. The van der Waals surface area contributed by atoms with Gasteiger partial charge in [-0.1, -0.05) is 54.6 Å². The molecule has 2 N–H and O–H groups in total. The number of amides is 1. The van der Waals surface area contributed by atoms with Crippen LogP contribution in [0.2, 0.25) is 0 Å². The maximum absolute atomic E-state index is 13.0. The van der Waals surface area contributed by atoms with Gasteiger partial charge < -0.3 is 15.3 Å². The van der Waals surface area contributed by atoms with Crippen LogP contribution in [0.25, 0.3) is 0 Å². The van der Waals surface area contributed by atoms with E-state index in [1.54, 1.807) is 0 Å². The first kappa shape index (κ1) is 28.2. The van der Waals surface area contributed by atoms with E-state index >= 15 is 0 Å². The number of aliphatic imine (C=N–C) groups is 1. The topological polar surface area (TPSA) is 68.2 Å². The normalized spacial score (nSPS) is 12.8. The number of aliphatic hydroxyl groups excluding tert-OH is 1. The van der Waals surface area contributed by atoms with Crippen LogP contribution in [-0.2, 0) is 6.42 Å². The Labute approximate surface area is 210 Å². The molecule has 0 aliphatic carbocycles. The summed E-state index contributed by atoms with van der Waals surface area (Å²) in [5, 5.41) is 13.5. The second-order valence-electron chi connectivity index (χ2n) is 8.54. The number of carbonyl (C=O) groups is 1. The quantitative estimate of drug-likeness (QED) is 0.231. The SMILES string of the molecule is C=N/C(=C\C=C/C)CN(C)CCN(CC)C(=O)c1ccc(CCNCC(O)c2ccccc2)cc1. The minimum Gasteiger partial charge on any atom is -0.387 e. The molecule has 2 aromatic rings. The Hall–Kier alpha value is -3.06. The first-order valence-corrected chi connectivity index (χ1v) is 12.3. The van der Waals surface area contributed by atoms with Gasteiger partial charge in [-0.2, -0.15) is 0 Å². The summed E-state index contributed by atoms with van der Waals surface area (Å²) in [7, 11) is 2.02. The first-order valence-electron chi connectivity index (χ1n) is 12.3. The summed E-state index contributed by atoms with van der Waals surface area (Å²) in [6.07, 6.45) is 6.18. The third kappa shape index (κ3) is 9.99. The number of benzene rings is 2. The number of hydrogen-bond donors (Lipinski definition) is 2. The molecule has 1 unspecified atom stereocenters. The highest BCUT2D eigenvalue weighted by atomic mass is 16.3. The molecule has 0 aliphatic heterocycles. The Morgan fingerprint density at radius 3 is 2.49 bits per heavy atom. The Kier molecular flexibility index (Phi) is 12.7. The van der Waals surface area contributed by atoms with Crippen LogP contribution in [0.1, 0.15) is 41.4 Å². The first-order chi connectivity index (χ1) is 17.0. The minimum absolute atomic E-state index is 0.0445. The molecule has 0 radical (unpaired) electrons. The van der Waals surface area contributed by atoms with Crippen LogP contribution in [0.15, 0.2) is 83.5 Å². The Morgan fingerprint density at radius 1 is 1.14 bits per heavy atom. The van der Waals surface area contributed by atoms with Gasteiger partial charge in [0, 0.05) is 38.3 Å². The molecule has 2 aromatic carbocycles. The van der Waals surface area contributed by atoms with Crippen LogP contribution in [0.5, 0.6) is 0 Å². The maximum atomic E-state index is 13.0. The van der Waals surface area contributed by atoms with E-state index in [-0.39, 0.29) is 5.91 Å². The Morgan fingerprint density at radius 2 is 1.86 bits per heavy atom. The molecule has 35 heavy (non-hydrogen) atoms. The smallest absolute Gasteiger partial charge is 0.253 e. The van der Waals surface area contributed by atoms with Gasteiger partial charge in [0.05, 0.1) is 11.8 Å². The van der Waals surface area contributed by atoms with Crippen LogP contribution in [-0.4, -0.2) is 73.8 Å². The van der Waals surface area contributed by atoms with Crippen molar-refractivity contribution in [2.75, 3.05) is 46.3 Å². The number of hydrogen-bond acceptors (Lipinski definition) is 5. The molecule has 0 aromatic heterocycles. The van der Waals surface area contributed by atoms with E-state index in [0.29, 0.717) is 31.7 Å². The predicted octanol–water partition coefficient (Wildman–Crippen LogP) is 4.11. The van der Waals surface area contributed by atoms with Crippen LogP contribution in [0.4, 0.5) is 0 Å². The Balaban J connectivity index is 1.79. The highest BCUT2D eigenvalue weighted by Gasteiger charge is 2.15. The van der Waals surface area contributed by atoms with Crippen molar-refractivity contribution < 1.29 is 9.90 Å². The predicted molar refractivity (Wildman–Crippen MR) is 146 cm³/mol. The standard InChI is InChI=1S/C29H40N4O2/c1-5-7-13-27(30-3)23-32(4)20-21-33(6-2)29(35)26-16-14-24(15-17-26)18-19-31-22-28(34)25-11-9-8-10-12-25/h5,7-17,28,31,34H,3,6,18-23H2,1-2,4H3/b7-5-,27-13-. The fourth-order valence-corrected chi connectivity index (χ4v) is 3.67. The maximum Gasteiger partial charge on any atom is 0.253 e. The highest BCUT2D eigenvalue weighted by Crippen LogP contribution is 2.11. The van der Waals surface area contributed by atoms with Gasteiger partial charge in [0.15, 0.2) is 0 Å². The summed E-state index contributed by atoms with van der Waals surface area (Å²) < 4.78 is 0. The molecule has 0 spiro atoms. The van der Waals surface area contributed by atoms with Crippen molar-refractivity contribution in [3.05, 3.63) is 95.2 Å². The molecule has 0 saturated carbocycles. The number of aliphatic hydroxyl groups is 1. The van der Waals surface area contributed by atoms with Gasteiger partial charge >= 0.3 is 0 Å². The van der Waals surface area contributed by atoms with Gasteiger partial charge in [0.25, 0.3) is 5.91 Å². The summed E-state index contributed by atoms with van der Waals surface area (Å²) >= 11 is 0. The second-order valence-corrected chi connectivity index (χ2v) is 8.54. The van der Waals surface area contributed by atoms with Crippen LogP contribution in [0.3, 0.4) is 0 Å². The monoisotopic (exact) mass is 476 g/mol. The van der Waals surface area contributed by atoms with E-state index in [2.05, 4.69) is 21.9 Å². The fourth-order valence-electron chi connectivity index (χ4n) is 3.67. The highest BCUT2D eigenvalue weighted by molar-refractivity contribution is 5.94. The van der Waals surface area contributed by atoms with E-state index in [1.807, 2.05) is 98.6 Å². The van der Waals surface area contributed by atoms with Crippen molar-refractivity contribution in [2.24, 2.45) is 4.99 Å². The molecular formula is C29H40N4O2. The molecule has 0 saturated heterocycles. The zero-order chi connectivity index (χ0) is 25.5. The number of nitrogens with one attached hydrogen (secondary N) is 1. The third-order valence-corrected chi connectivity index (χ3v) is 5.85. The molecule has 0 bridgehead atoms. The van der Waals surface area contributed by atoms with Gasteiger partial charge in [-0.15, -0.1) is 0 Å². The number of nitrogens with zero attached hydrogens (tertiary/aromatic N) is 3. The third-order valence-electron chi connectivity index (χ3n) is 5.85. The zero-order valence-corrected chi connectivity index (χ0v) is 21.4. The number of allylic oxidation sites excluding steroid dienone is 3. The molecule has 6 nitrogen and oxygen atoms in total. The van der Waals surface area contributed by atoms with Gasteiger partial charge in [-0.3, -0.25) is 14.7 Å². The van der Waals surface area contributed by atoms with Crippen LogP contribution >= 0.6 is 0 Å². The molecule has 0 aliphatic rings. The van der Waals surface area contributed by atoms with Crippen molar-refractivity contribution >= 4 is 12.6 Å². The summed E-state index contributed by atoms with van der Waals surface area (Å²) in [5.41, 5.74) is 3.67. The average Bonchev–Trinajstić information content (AvgIpc) is 2.89. The molecule has 2 rings (SSSR count). The summed E-state index contributed by atoms with van der Waals surface area (Å²) in [6, 6.07) is 17.5. The van der Waals surface area contributed by atoms with E-state index < -0.39 is 6.10 Å². The van der Waals surface area contributed by atoms with Crippen molar-refractivity contribution in [1.82, 2.24) is 15.1 Å². The lowest BCUT2D eigenvalue weighted by atomic mass is 10.1. The second kappa shape index (κ2) is 15.8. The number of rotatable bonds is 15. The Bertz CT molecular complexity index is 954. The van der Waals surface area contributed by atoms with Gasteiger partial charge in [-0.05, 0) is 69.9 Å². The fraction of sp³-hybridized carbons (Fsp3) is 0.379. The zero-order valence-electron chi connectivity index (χ0n) is 21.4. The van der Waals surface area contributed by atoms with Crippen molar-refractivity contribution in [3.8, 4) is 0 Å². The van der Waals surface area contributed by atoms with E-state index in [4.69, 9.17) is 0 Å². The summed E-state index contributed by atoms with van der Waals surface area (Å²) in [5.74, 6) is 0.0445. The number of carbonyl (C=O) groups excluding carboxylic acids is 1. The molecule has 1 atom stereocenters. The lowest BCUT2D eigenvalue weighted by Gasteiger charge is -2.25. The van der Waals surface area contributed by atoms with Crippen molar-refractivity contribution in [2.45, 2.75) is 26.4 Å². The van der Waals surface area contributed by atoms with Gasteiger partial charge in [-0.25, -0.2) is 0 Å². The lowest BCUT2D eigenvalue weighted by molar-refractivity contribution is 0.0751. The molecule has 6 heteroatoms. The van der Waals surface area contributed by atoms with Crippen molar-refractivity contribution in [1.29, 1.82) is 0 Å². The molecule has 0 fully saturated rings. The number of likely N-dealkylation sites (N-methyl/N-ethyl adjacent to an activating group) is 2. The van der Waals surface area contributed by atoms with Crippen LogP contribution in [0, 0.1) is 0 Å². The van der Waals surface area contributed by atoms with Gasteiger partial charge in [0.2, 0.25) is 0 Å². The summed E-state index contributed by atoms with van der Waals surface area (Å²) in [6.45, 7) is 11.6.